The molecule has 0 radical (unpaired) electrons. The van der Waals surface area contributed by atoms with Crippen molar-refractivity contribution in [3.8, 4) is 0 Å². The van der Waals surface area contributed by atoms with E-state index in [1.54, 1.807) is 32.0 Å². The summed E-state index contributed by atoms with van der Waals surface area (Å²) in [5.74, 6) is -0.271. The van der Waals surface area contributed by atoms with E-state index in [-0.39, 0.29) is 12.5 Å². The van der Waals surface area contributed by atoms with E-state index in [1.807, 2.05) is 0 Å². The molecule has 0 saturated carbocycles. The third kappa shape index (κ3) is 5.90. The Hall–Kier alpha value is -0.440. The number of benzene rings is 1. The van der Waals surface area contributed by atoms with Gasteiger partial charge in [-0.25, -0.2) is 13.1 Å². The molecule has 0 aliphatic carbocycles. The third-order valence-corrected chi connectivity index (χ3v) is 4.40. The van der Waals surface area contributed by atoms with Gasteiger partial charge in [-0.15, -0.1) is 0 Å². The molecule has 1 rings (SSSR count). The number of hydrogen-bond donors (Lipinski definition) is 2. The molecule has 5 nitrogen and oxygen atoms in total. The minimum Gasteiger partial charge on any atom is -0.350 e. The van der Waals surface area contributed by atoms with Crippen LogP contribution in [0.3, 0.4) is 0 Å². The van der Waals surface area contributed by atoms with E-state index in [2.05, 4.69) is 41.9 Å². The summed E-state index contributed by atoms with van der Waals surface area (Å²) in [7, 11) is -3.32. The topological polar surface area (TPSA) is 75.3 Å². The average Bonchev–Trinajstić information content (AvgIpc) is 2.22. The van der Waals surface area contributed by atoms with Gasteiger partial charge in [0.05, 0.1) is 11.8 Å². The molecule has 0 aromatic heterocycles. The molecule has 8 heteroatoms. The summed E-state index contributed by atoms with van der Waals surface area (Å²) in [5, 5.41) is 2.71. The highest BCUT2D eigenvalue weighted by atomic mass is 79.9. The van der Waals surface area contributed by atoms with Crippen LogP contribution in [0, 0.1) is 0 Å². The van der Waals surface area contributed by atoms with Gasteiger partial charge >= 0.3 is 0 Å². The lowest BCUT2D eigenvalue weighted by atomic mass is 10.1. The summed E-state index contributed by atoms with van der Waals surface area (Å²) >= 11 is 6.63. The Balaban J connectivity index is 2.72. The molecule has 0 saturated heterocycles. The van der Waals surface area contributed by atoms with Crippen molar-refractivity contribution in [2.45, 2.75) is 19.4 Å². The highest BCUT2D eigenvalue weighted by Gasteiger charge is 2.23. The van der Waals surface area contributed by atoms with E-state index in [0.717, 1.165) is 10.7 Å². The predicted octanol–water partition coefficient (Wildman–Crippen LogP) is 2.27. The summed E-state index contributed by atoms with van der Waals surface area (Å²) in [6.45, 7) is 3.58. The van der Waals surface area contributed by atoms with Crippen LogP contribution in [-0.2, 0) is 10.0 Å². The second-order valence-corrected chi connectivity index (χ2v) is 8.58. The highest BCUT2D eigenvalue weighted by Crippen LogP contribution is 2.21. The zero-order valence-corrected chi connectivity index (χ0v) is 15.3. The van der Waals surface area contributed by atoms with Crippen molar-refractivity contribution in [2.24, 2.45) is 0 Å². The first-order valence-corrected chi connectivity index (χ1v) is 9.20. The number of carbonyl (C=O) groups is 1. The van der Waals surface area contributed by atoms with Gasteiger partial charge in [0.2, 0.25) is 10.0 Å². The predicted molar refractivity (Wildman–Crippen MR) is 86.2 cm³/mol. The molecule has 0 aliphatic heterocycles. The Morgan fingerprint density at radius 1 is 1.30 bits per heavy atom. The zero-order valence-electron chi connectivity index (χ0n) is 11.3. The van der Waals surface area contributed by atoms with Crippen molar-refractivity contribution in [3.05, 3.63) is 32.7 Å². The first-order chi connectivity index (χ1) is 9.00. The van der Waals surface area contributed by atoms with Gasteiger partial charge in [0, 0.05) is 21.0 Å². The zero-order chi connectivity index (χ0) is 15.6. The lowest BCUT2D eigenvalue weighted by molar-refractivity contribution is 0.0943. The molecule has 112 valence electrons. The van der Waals surface area contributed by atoms with Gasteiger partial charge in [-0.3, -0.25) is 4.79 Å². The van der Waals surface area contributed by atoms with Gasteiger partial charge in [-0.05, 0) is 48.0 Å². The number of sulfonamides is 1. The van der Waals surface area contributed by atoms with Crippen LogP contribution in [0.4, 0.5) is 0 Å². The van der Waals surface area contributed by atoms with Gasteiger partial charge in [-0.2, -0.15) is 0 Å². The summed E-state index contributed by atoms with van der Waals surface area (Å²) < 4.78 is 26.4. The number of carbonyl (C=O) groups excluding carboxylic acids is 1. The first-order valence-electron chi connectivity index (χ1n) is 5.72. The van der Waals surface area contributed by atoms with Crippen LogP contribution in [0.25, 0.3) is 0 Å². The highest BCUT2D eigenvalue weighted by molar-refractivity contribution is 9.11. The average molecular weight is 428 g/mol. The molecule has 20 heavy (non-hydrogen) atoms. The maximum atomic E-state index is 12.1. The van der Waals surface area contributed by atoms with Gasteiger partial charge in [0.1, 0.15) is 0 Å². The Morgan fingerprint density at radius 2 is 1.90 bits per heavy atom. The standard InChI is InChI=1S/C12H16Br2N2O3S/c1-12(2,16-20(3,18)19)7-15-11(17)9-5-4-8(13)6-10(9)14/h4-6,16H,7H2,1-3H3,(H,15,17). The fourth-order valence-electron chi connectivity index (χ4n) is 1.61. The summed E-state index contributed by atoms with van der Waals surface area (Å²) in [6, 6.07) is 5.22. The maximum Gasteiger partial charge on any atom is 0.252 e. The molecule has 0 spiro atoms. The molecule has 0 unspecified atom stereocenters. The second-order valence-electron chi connectivity index (χ2n) is 5.06. The van der Waals surface area contributed by atoms with E-state index in [4.69, 9.17) is 0 Å². The SMILES string of the molecule is CC(C)(CNC(=O)c1ccc(Br)cc1Br)NS(C)(=O)=O. The lowest BCUT2D eigenvalue weighted by Gasteiger charge is -2.25. The van der Waals surface area contributed by atoms with E-state index in [9.17, 15) is 13.2 Å². The van der Waals surface area contributed by atoms with Crippen LogP contribution in [-0.4, -0.2) is 32.7 Å². The number of amides is 1. The fourth-order valence-corrected chi connectivity index (χ4v) is 3.91. The Labute approximate surface area is 135 Å². The smallest absolute Gasteiger partial charge is 0.252 e. The van der Waals surface area contributed by atoms with Gasteiger partial charge in [0.25, 0.3) is 5.91 Å². The molecule has 2 N–H and O–H groups in total. The van der Waals surface area contributed by atoms with Crippen LogP contribution in [0.15, 0.2) is 27.1 Å². The maximum absolute atomic E-state index is 12.1. The Morgan fingerprint density at radius 3 is 2.40 bits per heavy atom. The van der Waals surface area contributed by atoms with E-state index >= 15 is 0 Å². The molecule has 1 aromatic carbocycles. The molecule has 1 amide bonds. The first kappa shape index (κ1) is 17.6. The third-order valence-electron chi connectivity index (χ3n) is 2.33. The monoisotopic (exact) mass is 426 g/mol. The van der Waals surface area contributed by atoms with Gasteiger partial charge < -0.3 is 5.32 Å². The van der Waals surface area contributed by atoms with Crippen LogP contribution >= 0.6 is 31.9 Å². The van der Waals surface area contributed by atoms with Crippen LogP contribution < -0.4 is 10.0 Å². The van der Waals surface area contributed by atoms with Crippen LogP contribution in [0.2, 0.25) is 0 Å². The minimum absolute atomic E-state index is 0.182. The quantitative estimate of drug-likeness (QED) is 0.756. The number of rotatable bonds is 5. The molecule has 0 aliphatic rings. The lowest BCUT2D eigenvalue weighted by Crippen LogP contribution is -2.51. The van der Waals surface area contributed by atoms with Crippen molar-refractivity contribution < 1.29 is 13.2 Å². The van der Waals surface area contributed by atoms with Gasteiger partial charge in [0.15, 0.2) is 0 Å². The summed E-state index contributed by atoms with van der Waals surface area (Å²) in [6.07, 6.45) is 1.09. The van der Waals surface area contributed by atoms with Crippen LogP contribution in [0.1, 0.15) is 24.2 Å². The second kappa shape index (κ2) is 6.55. The summed E-state index contributed by atoms with van der Waals surface area (Å²) in [5.41, 5.74) is -0.270. The number of halogens is 2. The van der Waals surface area contributed by atoms with Crippen molar-refractivity contribution >= 4 is 47.8 Å². The molecular weight excluding hydrogens is 412 g/mol. The Bertz CT molecular complexity index is 615. The van der Waals surface area contributed by atoms with Crippen molar-refractivity contribution in [1.82, 2.24) is 10.0 Å². The molecule has 0 atom stereocenters. The van der Waals surface area contributed by atoms with Gasteiger partial charge in [-0.1, -0.05) is 15.9 Å². The molecular formula is C12H16Br2N2O3S. The Kier molecular flexibility index (Phi) is 5.77. The normalized spacial score (nSPS) is 12.2. The fraction of sp³-hybridized carbons (Fsp3) is 0.417. The van der Waals surface area contributed by atoms with E-state index < -0.39 is 15.6 Å². The van der Waals surface area contributed by atoms with E-state index in [0.29, 0.717) is 10.0 Å². The molecule has 0 heterocycles. The molecule has 0 bridgehead atoms. The van der Waals surface area contributed by atoms with E-state index in [1.165, 1.54) is 0 Å². The van der Waals surface area contributed by atoms with Crippen molar-refractivity contribution in [2.75, 3.05) is 12.8 Å². The minimum atomic E-state index is -3.32. The summed E-state index contributed by atoms with van der Waals surface area (Å²) in [4.78, 5) is 12.1. The number of hydrogen-bond acceptors (Lipinski definition) is 3. The van der Waals surface area contributed by atoms with Crippen molar-refractivity contribution in [3.63, 3.8) is 0 Å². The van der Waals surface area contributed by atoms with Crippen LogP contribution in [0.5, 0.6) is 0 Å². The van der Waals surface area contributed by atoms with Crippen molar-refractivity contribution in [1.29, 1.82) is 0 Å². The molecule has 1 aromatic rings. The molecule has 0 fully saturated rings. The largest absolute Gasteiger partial charge is 0.350 e. The number of nitrogens with one attached hydrogen (secondary N) is 2.